The molecule has 0 aliphatic carbocycles. The molecule has 110 valence electrons. The number of anilines is 2. The van der Waals surface area contributed by atoms with E-state index in [1.807, 2.05) is 44.2 Å². The third-order valence-corrected chi connectivity index (χ3v) is 3.91. The molecule has 2 rings (SSSR count). The number of hydrogen-bond acceptors (Lipinski definition) is 2. The number of amides is 1. The Labute approximate surface area is 137 Å². The number of benzene rings is 2. The number of aryl methyl sites for hydroxylation is 1. The van der Waals surface area contributed by atoms with Crippen molar-refractivity contribution in [2.24, 2.45) is 0 Å². The lowest BCUT2D eigenvalue weighted by molar-refractivity contribution is -0.116. The van der Waals surface area contributed by atoms with E-state index in [-0.39, 0.29) is 11.9 Å². The number of hydrogen-bond donors (Lipinski definition) is 2. The molecule has 1 unspecified atom stereocenters. The Morgan fingerprint density at radius 2 is 1.86 bits per heavy atom. The standard InChI is InChI=1S/C16H16BrClN2O/c1-10-3-6-13(7-4-10)20-16(21)11(2)19-15-8-5-12(18)9-14(15)17/h3-9,11,19H,1-2H3,(H,20,21). The van der Waals surface area contributed by atoms with Gasteiger partial charge < -0.3 is 10.6 Å². The molecule has 0 fully saturated rings. The highest BCUT2D eigenvalue weighted by Crippen LogP contribution is 2.26. The van der Waals surface area contributed by atoms with Gasteiger partial charge in [0.2, 0.25) is 5.91 Å². The van der Waals surface area contributed by atoms with Gasteiger partial charge in [0.15, 0.2) is 0 Å². The van der Waals surface area contributed by atoms with Crippen molar-refractivity contribution >= 4 is 44.8 Å². The molecule has 1 atom stereocenters. The van der Waals surface area contributed by atoms with E-state index in [4.69, 9.17) is 11.6 Å². The van der Waals surface area contributed by atoms with Crippen LogP contribution in [-0.4, -0.2) is 11.9 Å². The van der Waals surface area contributed by atoms with E-state index in [1.54, 1.807) is 12.1 Å². The summed E-state index contributed by atoms with van der Waals surface area (Å²) >= 11 is 9.32. The van der Waals surface area contributed by atoms with Gasteiger partial charge in [0, 0.05) is 20.9 Å². The average Bonchev–Trinajstić information content (AvgIpc) is 2.44. The predicted octanol–water partition coefficient (Wildman–Crippen LogP) is 4.85. The molecular formula is C16H16BrClN2O. The van der Waals surface area contributed by atoms with E-state index >= 15 is 0 Å². The van der Waals surface area contributed by atoms with Gasteiger partial charge in [-0.05, 0) is 60.1 Å². The van der Waals surface area contributed by atoms with Gasteiger partial charge in [0.1, 0.15) is 6.04 Å². The molecule has 2 aromatic rings. The Bertz CT molecular complexity index is 643. The molecule has 0 bridgehead atoms. The Morgan fingerprint density at radius 3 is 2.48 bits per heavy atom. The van der Waals surface area contributed by atoms with Gasteiger partial charge in [-0.15, -0.1) is 0 Å². The first-order chi connectivity index (χ1) is 9.95. The second kappa shape index (κ2) is 6.96. The average molecular weight is 368 g/mol. The number of carbonyl (C=O) groups is 1. The first-order valence-corrected chi connectivity index (χ1v) is 7.72. The number of rotatable bonds is 4. The highest BCUT2D eigenvalue weighted by molar-refractivity contribution is 9.10. The second-order valence-electron chi connectivity index (χ2n) is 4.85. The maximum atomic E-state index is 12.2. The maximum absolute atomic E-state index is 12.2. The lowest BCUT2D eigenvalue weighted by Gasteiger charge is -2.16. The zero-order chi connectivity index (χ0) is 15.4. The van der Waals surface area contributed by atoms with Crippen molar-refractivity contribution in [2.75, 3.05) is 10.6 Å². The van der Waals surface area contributed by atoms with Crippen LogP contribution in [-0.2, 0) is 4.79 Å². The fraction of sp³-hybridized carbons (Fsp3) is 0.188. The van der Waals surface area contributed by atoms with Gasteiger partial charge in [-0.3, -0.25) is 4.79 Å². The zero-order valence-electron chi connectivity index (χ0n) is 11.8. The van der Waals surface area contributed by atoms with Crippen molar-refractivity contribution in [1.29, 1.82) is 0 Å². The summed E-state index contributed by atoms with van der Waals surface area (Å²) in [5, 5.41) is 6.67. The molecule has 0 aliphatic rings. The molecule has 3 nitrogen and oxygen atoms in total. The summed E-state index contributed by atoms with van der Waals surface area (Å²) in [6.07, 6.45) is 0. The Hall–Kier alpha value is -1.52. The minimum atomic E-state index is -0.372. The molecule has 0 aromatic heterocycles. The van der Waals surface area contributed by atoms with Crippen LogP contribution in [0.1, 0.15) is 12.5 Å². The third kappa shape index (κ3) is 4.48. The van der Waals surface area contributed by atoms with E-state index in [2.05, 4.69) is 26.6 Å². The van der Waals surface area contributed by atoms with Crippen LogP contribution < -0.4 is 10.6 Å². The van der Waals surface area contributed by atoms with Gasteiger partial charge in [0.25, 0.3) is 0 Å². The van der Waals surface area contributed by atoms with Crippen LogP contribution in [0.3, 0.4) is 0 Å². The minimum absolute atomic E-state index is 0.0966. The number of nitrogens with one attached hydrogen (secondary N) is 2. The molecule has 2 aromatic carbocycles. The summed E-state index contributed by atoms with van der Waals surface area (Å²) in [6.45, 7) is 3.82. The first kappa shape index (κ1) is 15.9. The first-order valence-electron chi connectivity index (χ1n) is 6.55. The predicted molar refractivity (Wildman–Crippen MR) is 92.0 cm³/mol. The molecule has 0 spiro atoms. The molecule has 1 amide bonds. The van der Waals surface area contributed by atoms with E-state index in [0.717, 1.165) is 21.4 Å². The Kier molecular flexibility index (Phi) is 5.26. The van der Waals surface area contributed by atoms with Crippen LogP contribution in [0.5, 0.6) is 0 Å². The lowest BCUT2D eigenvalue weighted by Crippen LogP contribution is -2.31. The fourth-order valence-electron chi connectivity index (χ4n) is 1.79. The van der Waals surface area contributed by atoms with Crippen molar-refractivity contribution in [2.45, 2.75) is 19.9 Å². The summed E-state index contributed by atoms with van der Waals surface area (Å²) in [5.74, 6) is -0.0966. The number of carbonyl (C=O) groups excluding carboxylic acids is 1. The van der Waals surface area contributed by atoms with Gasteiger partial charge in [-0.1, -0.05) is 29.3 Å². The molecule has 0 heterocycles. The van der Waals surface area contributed by atoms with E-state index in [1.165, 1.54) is 0 Å². The summed E-state index contributed by atoms with van der Waals surface area (Å²) in [7, 11) is 0. The van der Waals surface area contributed by atoms with E-state index in [9.17, 15) is 4.79 Å². The summed E-state index contributed by atoms with van der Waals surface area (Å²) < 4.78 is 0.824. The van der Waals surface area contributed by atoms with Crippen molar-refractivity contribution in [3.63, 3.8) is 0 Å². The molecule has 0 aliphatic heterocycles. The van der Waals surface area contributed by atoms with Crippen LogP contribution in [0.15, 0.2) is 46.9 Å². The zero-order valence-corrected chi connectivity index (χ0v) is 14.1. The second-order valence-corrected chi connectivity index (χ2v) is 6.14. The van der Waals surface area contributed by atoms with Crippen LogP contribution in [0, 0.1) is 6.92 Å². The Morgan fingerprint density at radius 1 is 1.19 bits per heavy atom. The molecule has 2 N–H and O–H groups in total. The quantitative estimate of drug-likeness (QED) is 0.811. The van der Waals surface area contributed by atoms with E-state index in [0.29, 0.717) is 5.02 Å². The van der Waals surface area contributed by atoms with Crippen molar-refractivity contribution in [1.82, 2.24) is 0 Å². The smallest absolute Gasteiger partial charge is 0.246 e. The topological polar surface area (TPSA) is 41.1 Å². The molecule has 0 radical (unpaired) electrons. The van der Waals surface area contributed by atoms with Crippen LogP contribution >= 0.6 is 27.5 Å². The highest BCUT2D eigenvalue weighted by Gasteiger charge is 2.14. The normalized spacial score (nSPS) is 11.8. The van der Waals surface area contributed by atoms with Crippen molar-refractivity contribution < 1.29 is 4.79 Å². The molecule has 5 heteroatoms. The minimum Gasteiger partial charge on any atom is -0.373 e. The largest absolute Gasteiger partial charge is 0.373 e. The van der Waals surface area contributed by atoms with Crippen molar-refractivity contribution in [3.8, 4) is 0 Å². The van der Waals surface area contributed by atoms with Crippen molar-refractivity contribution in [3.05, 3.63) is 57.5 Å². The third-order valence-electron chi connectivity index (χ3n) is 3.02. The van der Waals surface area contributed by atoms with Crippen LogP contribution in [0.4, 0.5) is 11.4 Å². The molecular weight excluding hydrogens is 352 g/mol. The summed E-state index contributed by atoms with van der Waals surface area (Å²) in [5.41, 5.74) is 2.77. The van der Waals surface area contributed by atoms with Gasteiger partial charge in [-0.25, -0.2) is 0 Å². The van der Waals surface area contributed by atoms with Gasteiger partial charge in [-0.2, -0.15) is 0 Å². The van der Waals surface area contributed by atoms with Gasteiger partial charge in [0.05, 0.1) is 0 Å². The maximum Gasteiger partial charge on any atom is 0.246 e. The monoisotopic (exact) mass is 366 g/mol. The SMILES string of the molecule is Cc1ccc(NC(=O)C(C)Nc2ccc(Cl)cc2Br)cc1. The Balaban J connectivity index is 2.00. The molecule has 0 saturated carbocycles. The van der Waals surface area contributed by atoms with Crippen LogP contribution in [0.25, 0.3) is 0 Å². The molecule has 0 saturated heterocycles. The van der Waals surface area contributed by atoms with Gasteiger partial charge >= 0.3 is 0 Å². The summed E-state index contributed by atoms with van der Waals surface area (Å²) in [4.78, 5) is 12.2. The lowest BCUT2D eigenvalue weighted by atomic mass is 10.2. The fourth-order valence-corrected chi connectivity index (χ4v) is 2.59. The summed E-state index contributed by atoms with van der Waals surface area (Å²) in [6, 6.07) is 12.7. The highest BCUT2D eigenvalue weighted by atomic mass is 79.9. The number of halogens is 2. The molecule has 21 heavy (non-hydrogen) atoms. The van der Waals surface area contributed by atoms with E-state index < -0.39 is 0 Å². The van der Waals surface area contributed by atoms with Crippen LogP contribution in [0.2, 0.25) is 5.02 Å².